The first kappa shape index (κ1) is 12.1. The molecule has 0 spiro atoms. The van der Waals surface area contributed by atoms with Crippen LogP contribution < -0.4 is 5.73 Å². The molecule has 0 saturated carbocycles. The molecule has 2 rings (SSSR count). The van der Waals surface area contributed by atoms with Crippen LogP contribution in [0.3, 0.4) is 0 Å². The van der Waals surface area contributed by atoms with Gasteiger partial charge < -0.3 is 5.73 Å². The molecule has 0 radical (unpaired) electrons. The van der Waals surface area contributed by atoms with Crippen LogP contribution in [0.4, 0.5) is 0 Å². The normalized spacial score (nSPS) is 19.2. The van der Waals surface area contributed by atoms with Crippen molar-refractivity contribution in [3.63, 3.8) is 0 Å². The predicted molar refractivity (Wildman–Crippen MR) is 62.9 cm³/mol. The van der Waals surface area contributed by atoms with Crippen LogP contribution in [0.5, 0.6) is 0 Å². The molecular formula is C11H14N2O3S. The molecule has 1 unspecified atom stereocenters. The van der Waals surface area contributed by atoms with E-state index in [1.165, 1.54) is 12.1 Å². The molecule has 92 valence electrons. The summed E-state index contributed by atoms with van der Waals surface area (Å²) in [6.45, 7) is 2.03. The van der Waals surface area contributed by atoms with Crippen LogP contribution >= 0.6 is 0 Å². The summed E-state index contributed by atoms with van der Waals surface area (Å²) in [4.78, 5) is 12.1. The number of hydrogen-bond donors (Lipinski definition) is 1. The fourth-order valence-corrected chi connectivity index (χ4v) is 3.79. The monoisotopic (exact) mass is 254 g/mol. The third-order valence-corrected chi connectivity index (χ3v) is 4.79. The van der Waals surface area contributed by atoms with Gasteiger partial charge in [0.05, 0.1) is 5.56 Å². The Hall–Kier alpha value is -1.40. The maximum absolute atomic E-state index is 12.2. The predicted octanol–water partition coefficient (Wildman–Crippen LogP) is 0.568. The lowest BCUT2D eigenvalue weighted by atomic mass is 10.2. The molecule has 0 aliphatic carbocycles. The van der Waals surface area contributed by atoms with Gasteiger partial charge in [-0.3, -0.25) is 4.79 Å². The van der Waals surface area contributed by atoms with E-state index in [0.717, 1.165) is 4.31 Å². The lowest BCUT2D eigenvalue weighted by molar-refractivity contribution is 0.0837. The zero-order chi connectivity index (χ0) is 12.6. The molecule has 1 heterocycles. The van der Waals surface area contributed by atoms with Gasteiger partial charge >= 0.3 is 0 Å². The Kier molecular flexibility index (Phi) is 2.92. The van der Waals surface area contributed by atoms with E-state index in [1.807, 2.05) is 0 Å². The molecule has 2 N–H and O–H groups in total. The van der Waals surface area contributed by atoms with Crippen LogP contribution in [0.1, 0.15) is 23.7 Å². The fraction of sp³-hybridized carbons (Fsp3) is 0.364. The quantitative estimate of drug-likeness (QED) is 0.855. The SMILES string of the molecule is CC(CCN)N1C(=O)c2ccccc2S1(=O)=O. The van der Waals surface area contributed by atoms with Crippen molar-refractivity contribution in [2.45, 2.75) is 24.3 Å². The Morgan fingerprint density at radius 1 is 1.35 bits per heavy atom. The van der Waals surface area contributed by atoms with Gasteiger partial charge in [-0.05, 0) is 32.0 Å². The highest BCUT2D eigenvalue weighted by Crippen LogP contribution is 2.32. The number of amides is 1. The fourth-order valence-electron chi connectivity index (χ4n) is 2.00. The second-order valence-corrected chi connectivity index (χ2v) is 5.81. The lowest BCUT2D eigenvalue weighted by Gasteiger charge is -2.22. The van der Waals surface area contributed by atoms with E-state index in [4.69, 9.17) is 5.73 Å². The van der Waals surface area contributed by atoms with Crippen LogP contribution in [-0.4, -0.2) is 31.2 Å². The Labute approximate surface area is 100 Å². The number of carbonyl (C=O) groups is 1. The summed E-state index contributed by atoms with van der Waals surface area (Å²) in [5.74, 6) is -0.457. The summed E-state index contributed by atoms with van der Waals surface area (Å²) in [5.41, 5.74) is 5.65. The third kappa shape index (κ3) is 1.73. The second-order valence-electron chi connectivity index (χ2n) is 4.03. The summed E-state index contributed by atoms with van der Waals surface area (Å²) in [7, 11) is -3.69. The molecule has 1 aliphatic rings. The average molecular weight is 254 g/mol. The van der Waals surface area contributed by atoms with Crippen molar-refractivity contribution in [3.05, 3.63) is 29.8 Å². The summed E-state index contributed by atoms with van der Waals surface area (Å²) >= 11 is 0. The maximum atomic E-state index is 12.2. The molecule has 0 bridgehead atoms. The van der Waals surface area contributed by atoms with E-state index in [0.29, 0.717) is 13.0 Å². The number of sulfonamides is 1. The van der Waals surface area contributed by atoms with E-state index in [1.54, 1.807) is 19.1 Å². The molecule has 0 aromatic heterocycles. The minimum atomic E-state index is -3.69. The van der Waals surface area contributed by atoms with Gasteiger partial charge in [-0.25, -0.2) is 12.7 Å². The van der Waals surface area contributed by atoms with E-state index in [9.17, 15) is 13.2 Å². The summed E-state index contributed by atoms with van der Waals surface area (Å²) in [5, 5.41) is 0. The minimum absolute atomic E-state index is 0.0915. The van der Waals surface area contributed by atoms with Crippen LogP contribution in [0.15, 0.2) is 29.2 Å². The first-order valence-corrected chi connectivity index (χ1v) is 6.82. The molecule has 1 aromatic carbocycles. The van der Waals surface area contributed by atoms with Gasteiger partial charge in [0.25, 0.3) is 15.9 Å². The third-order valence-electron chi connectivity index (χ3n) is 2.84. The van der Waals surface area contributed by atoms with Crippen LogP contribution in [-0.2, 0) is 10.0 Å². The van der Waals surface area contributed by atoms with Crippen molar-refractivity contribution in [1.82, 2.24) is 4.31 Å². The minimum Gasteiger partial charge on any atom is -0.330 e. The number of carbonyl (C=O) groups excluding carboxylic acids is 1. The van der Waals surface area contributed by atoms with E-state index >= 15 is 0 Å². The average Bonchev–Trinajstić information content (AvgIpc) is 2.48. The zero-order valence-electron chi connectivity index (χ0n) is 9.46. The van der Waals surface area contributed by atoms with Gasteiger partial charge in [-0.2, -0.15) is 0 Å². The van der Waals surface area contributed by atoms with Gasteiger partial charge in [-0.15, -0.1) is 0 Å². The summed E-state index contributed by atoms with van der Waals surface area (Å²) in [6, 6.07) is 5.84. The van der Waals surface area contributed by atoms with Crippen LogP contribution in [0.25, 0.3) is 0 Å². The van der Waals surface area contributed by atoms with Crippen LogP contribution in [0.2, 0.25) is 0 Å². The van der Waals surface area contributed by atoms with Crippen molar-refractivity contribution in [2.24, 2.45) is 5.73 Å². The summed E-state index contributed by atoms with van der Waals surface area (Å²) < 4.78 is 25.3. The highest BCUT2D eigenvalue weighted by Gasteiger charge is 2.43. The number of benzene rings is 1. The van der Waals surface area contributed by atoms with Gasteiger partial charge in [0.1, 0.15) is 4.90 Å². The van der Waals surface area contributed by atoms with Crippen molar-refractivity contribution < 1.29 is 13.2 Å². The summed E-state index contributed by atoms with van der Waals surface area (Å²) in [6.07, 6.45) is 0.457. The zero-order valence-corrected chi connectivity index (χ0v) is 10.3. The van der Waals surface area contributed by atoms with E-state index in [2.05, 4.69) is 0 Å². The van der Waals surface area contributed by atoms with Crippen LogP contribution in [0, 0.1) is 0 Å². The molecule has 0 fully saturated rings. The smallest absolute Gasteiger partial charge is 0.269 e. The molecule has 17 heavy (non-hydrogen) atoms. The van der Waals surface area contributed by atoms with E-state index < -0.39 is 22.0 Å². The Morgan fingerprint density at radius 2 is 2.00 bits per heavy atom. The lowest BCUT2D eigenvalue weighted by Crippen LogP contribution is -2.39. The largest absolute Gasteiger partial charge is 0.330 e. The molecule has 1 aromatic rings. The maximum Gasteiger partial charge on any atom is 0.269 e. The van der Waals surface area contributed by atoms with Crippen molar-refractivity contribution in [2.75, 3.05) is 6.54 Å². The van der Waals surface area contributed by atoms with Crippen molar-refractivity contribution in [3.8, 4) is 0 Å². The number of fused-ring (bicyclic) bond motifs is 1. The van der Waals surface area contributed by atoms with Crippen molar-refractivity contribution in [1.29, 1.82) is 0 Å². The molecule has 1 aliphatic heterocycles. The van der Waals surface area contributed by atoms with Gasteiger partial charge in [0.2, 0.25) is 0 Å². The Morgan fingerprint density at radius 3 is 2.59 bits per heavy atom. The highest BCUT2D eigenvalue weighted by molar-refractivity contribution is 7.90. The molecular weight excluding hydrogens is 240 g/mol. The van der Waals surface area contributed by atoms with E-state index in [-0.39, 0.29) is 10.5 Å². The number of nitrogens with zero attached hydrogens (tertiary/aromatic N) is 1. The molecule has 6 heteroatoms. The Bertz CT molecular complexity index is 554. The van der Waals surface area contributed by atoms with Gasteiger partial charge in [0, 0.05) is 6.04 Å². The van der Waals surface area contributed by atoms with Gasteiger partial charge in [0.15, 0.2) is 0 Å². The topological polar surface area (TPSA) is 80.5 Å². The van der Waals surface area contributed by atoms with Crippen molar-refractivity contribution >= 4 is 15.9 Å². The molecule has 5 nitrogen and oxygen atoms in total. The molecule has 1 amide bonds. The number of nitrogens with two attached hydrogens (primary N) is 1. The Balaban J connectivity index is 2.51. The first-order valence-electron chi connectivity index (χ1n) is 5.38. The molecule has 0 saturated heterocycles. The highest BCUT2D eigenvalue weighted by atomic mass is 32.2. The second kappa shape index (κ2) is 4.12. The van der Waals surface area contributed by atoms with Gasteiger partial charge in [-0.1, -0.05) is 12.1 Å². The standard InChI is InChI=1S/C11H14N2O3S/c1-8(6-7-12)13-11(14)9-4-2-3-5-10(9)17(13,15)16/h2-5,8H,6-7,12H2,1H3. The first-order chi connectivity index (χ1) is 8.00. The number of hydrogen-bond acceptors (Lipinski definition) is 4. The number of rotatable bonds is 3. The molecule has 1 atom stereocenters.